The second kappa shape index (κ2) is 47.4. The summed E-state index contributed by atoms with van der Waals surface area (Å²) in [5.41, 5.74) is 0. The van der Waals surface area contributed by atoms with Crippen molar-refractivity contribution >= 4 is 17.9 Å². The van der Waals surface area contributed by atoms with Crippen molar-refractivity contribution in [2.45, 2.75) is 311 Å². The fraction of sp³-hybridized carbons (Fsp3) is 0.946. The molecule has 0 aliphatic heterocycles. The average molecular weight is 877 g/mol. The molecule has 0 saturated carbocycles. The SMILES string of the molecule is CC(C)CCCCCCCCCCCCCCCCC(=O)O[C@@H](COC(=O)CCCCCCCCCCCCCC(C)C)COC(=O)CCCCCCCCCCCCC(C)C. The quantitative estimate of drug-likeness (QED) is 0.0344. The van der Waals surface area contributed by atoms with E-state index in [4.69, 9.17) is 14.2 Å². The third-order valence-corrected chi connectivity index (χ3v) is 12.6. The van der Waals surface area contributed by atoms with Crippen LogP contribution in [0.25, 0.3) is 0 Å². The molecular formula is C56H108O6. The molecule has 0 radical (unpaired) electrons. The molecule has 1 atom stereocenters. The van der Waals surface area contributed by atoms with Gasteiger partial charge >= 0.3 is 17.9 Å². The van der Waals surface area contributed by atoms with Gasteiger partial charge in [-0.1, -0.05) is 266 Å². The molecule has 0 aliphatic carbocycles. The summed E-state index contributed by atoms with van der Waals surface area (Å²) in [5.74, 6) is 1.64. The second-order valence-electron chi connectivity index (χ2n) is 20.6. The molecule has 0 aromatic heterocycles. The van der Waals surface area contributed by atoms with Crippen LogP contribution in [0.2, 0.25) is 0 Å². The number of hydrogen-bond acceptors (Lipinski definition) is 6. The van der Waals surface area contributed by atoms with E-state index in [-0.39, 0.29) is 31.1 Å². The van der Waals surface area contributed by atoms with Gasteiger partial charge in [0.25, 0.3) is 0 Å². The minimum absolute atomic E-state index is 0.0641. The maximum absolute atomic E-state index is 12.8. The molecule has 0 amide bonds. The molecule has 0 aliphatic rings. The largest absolute Gasteiger partial charge is 0.462 e. The van der Waals surface area contributed by atoms with Gasteiger partial charge in [0.15, 0.2) is 6.10 Å². The van der Waals surface area contributed by atoms with Crippen LogP contribution in [0.15, 0.2) is 0 Å². The third kappa shape index (κ3) is 49.4. The number of carbonyl (C=O) groups is 3. The zero-order valence-corrected chi connectivity index (χ0v) is 42.7. The van der Waals surface area contributed by atoms with E-state index in [9.17, 15) is 14.4 Å². The maximum Gasteiger partial charge on any atom is 0.306 e. The van der Waals surface area contributed by atoms with Gasteiger partial charge in [-0.05, 0) is 37.0 Å². The Morgan fingerprint density at radius 3 is 0.694 bits per heavy atom. The van der Waals surface area contributed by atoms with Gasteiger partial charge in [-0.3, -0.25) is 14.4 Å². The average Bonchev–Trinajstić information content (AvgIpc) is 3.23. The second-order valence-corrected chi connectivity index (χ2v) is 20.6. The number of hydrogen-bond donors (Lipinski definition) is 0. The van der Waals surface area contributed by atoms with Crippen molar-refractivity contribution in [2.75, 3.05) is 13.2 Å². The standard InChI is InChI=1S/C56H108O6/c1-50(2)42-36-30-24-18-12-9-7-8-10-14-23-29-35-41-47-56(59)62-53(49-61-55(58)46-40-34-28-22-17-16-20-26-32-38-44-52(5)6)48-60-54(57)45-39-33-27-21-15-11-13-19-25-31-37-43-51(3)4/h50-53H,7-49H2,1-6H3/t53-/m0/s1. The molecule has 0 aromatic carbocycles. The third-order valence-electron chi connectivity index (χ3n) is 12.6. The maximum atomic E-state index is 12.8. The summed E-state index contributed by atoms with van der Waals surface area (Å²) in [7, 11) is 0. The van der Waals surface area contributed by atoms with Crippen molar-refractivity contribution in [3.05, 3.63) is 0 Å². The number of ether oxygens (including phenoxy) is 3. The molecule has 0 fully saturated rings. The van der Waals surface area contributed by atoms with E-state index in [0.29, 0.717) is 19.3 Å². The van der Waals surface area contributed by atoms with Gasteiger partial charge in [0.05, 0.1) is 0 Å². The summed E-state index contributed by atoms with van der Waals surface area (Å²) in [6, 6.07) is 0. The Labute approximate surface area is 387 Å². The Morgan fingerprint density at radius 2 is 0.468 bits per heavy atom. The van der Waals surface area contributed by atoms with Crippen LogP contribution < -0.4 is 0 Å². The first-order valence-electron chi connectivity index (χ1n) is 27.6. The van der Waals surface area contributed by atoms with E-state index in [0.717, 1.165) is 75.5 Å². The Morgan fingerprint density at radius 1 is 0.274 bits per heavy atom. The highest BCUT2D eigenvalue weighted by atomic mass is 16.6. The summed E-state index contributed by atoms with van der Waals surface area (Å²) in [5, 5.41) is 0. The van der Waals surface area contributed by atoms with E-state index in [2.05, 4.69) is 41.5 Å². The van der Waals surface area contributed by atoms with Crippen LogP contribution in [0.4, 0.5) is 0 Å². The van der Waals surface area contributed by atoms with Crippen LogP contribution in [0.5, 0.6) is 0 Å². The van der Waals surface area contributed by atoms with Gasteiger partial charge in [0, 0.05) is 19.3 Å². The monoisotopic (exact) mass is 877 g/mol. The lowest BCUT2D eigenvalue weighted by Crippen LogP contribution is -2.30. The summed E-state index contributed by atoms with van der Waals surface area (Å²) in [6.45, 7) is 13.7. The van der Waals surface area contributed by atoms with Crippen molar-refractivity contribution < 1.29 is 28.6 Å². The molecule has 0 spiro atoms. The highest BCUT2D eigenvalue weighted by Crippen LogP contribution is 2.18. The number of carbonyl (C=O) groups excluding carboxylic acids is 3. The fourth-order valence-corrected chi connectivity index (χ4v) is 8.47. The van der Waals surface area contributed by atoms with Gasteiger partial charge in [0.2, 0.25) is 0 Å². The van der Waals surface area contributed by atoms with Crippen molar-refractivity contribution in [1.29, 1.82) is 0 Å². The van der Waals surface area contributed by atoms with E-state index < -0.39 is 6.10 Å². The molecule has 0 N–H and O–H groups in total. The molecule has 0 aromatic rings. The fourth-order valence-electron chi connectivity index (χ4n) is 8.47. The molecule has 0 saturated heterocycles. The van der Waals surface area contributed by atoms with Crippen LogP contribution in [0.1, 0.15) is 305 Å². The van der Waals surface area contributed by atoms with Gasteiger partial charge in [-0.2, -0.15) is 0 Å². The van der Waals surface area contributed by atoms with E-state index in [1.165, 1.54) is 186 Å². The van der Waals surface area contributed by atoms with Crippen molar-refractivity contribution in [3.63, 3.8) is 0 Å². The van der Waals surface area contributed by atoms with E-state index in [1.54, 1.807) is 0 Å². The van der Waals surface area contributed by atoms with Crippen molar-refractivity contribution in [2.24, 2.45) is 17.8 Å². The highest BCUT2D eigenvalue weighted by molar-refractivity contribution is 5.71. The molecule has 0 rings (SSSR count). The van der Waals surface area contributed by atoms with Gasteiger partial charge in [-0.25, -0.2) is 0 Å². The first-order chi connectivity index (χ1) is 30.1. The Bertz CT molecular complexity index is 960. The molecule has 0 bridgehead atoms. The van der Waals surface area contributed by atoms with Crippen LogP contribution in [0.3, 0.4) is 0 Å². The van der Waals surface area contributed by atoms with Crippen LogP contribution in [0, 0.1) is 17.8 Å². The number of unbranched alkanes of at least 4 members (excludes halogenated alkanes) is 32. The molecule has 6 nitrogen and oxygen atoms in total. The van der Waals surface area contributed by atoms with Crippen LogP contribution >= 0.6 is 0 Å². The normalized spacial score (nSPS) is 12.1. The molecule has 368 valence electrons. The number of esters is 3. The summed E-state index contributed by atoms with van der Waals surface area (Å²) >= 11 is 0. The highest BCUT2D eigenvalue weighted by Gasteiger charge is 2.19. The minimum atomic E-state index is -0.763. The molecule has 62 heavy (non-hydrogen) atoms. The molecule has 0 unspecified atom stereocenters. The Kier molecular flexibility index (Phi) is 46.2. The molecule has 0 heterocycles. The summed E-state index contributed by atoms with van der Waals surface area (Å²) in [4.78, 5) is 38.1. The Hall–Kier alpha value is -1.59. The summed E-state index contributed by atoms with van der Waals surface area (Å²) < 4.78 is 16.9. The van der Waals surface area contributed by atoms with Crippen molar-refractivity contribution in [3.8, 4) is 0 Å². The predicted molar refractivity (Wildman–Crippen MR) is 266 cm³/mol. The zero-order valence-electron chi connectivity index (χ0n) is 42.7. The van der Waals surface area contributed by atoms with E-state index >= 15 is 0 Å². The first-order valence-corrected chi connectivity index (χ1v) is 27.6. The topological polar surface area (TPSA) is 78.9 Å². The van der Waals surface area contributed by atoms with Gasteiger partial charge < -0.3 is 14.2 Å². The van der Waals surface area contributed by atoms with Crippen LogP contribution in [-0.2, 0) is 28.6 Å². The lowest BCUT2D eigenvalue weighted by Gasteiger charge is -2.18. The van der Waals surface area contributed by atoms with Crippen LogP contribution in [-0.4, -0.2) is 37.2 Å². The number of rotatable bonds is 49. The smallest absolute Gasteiger partial charge is 0.306 e. The summed E-state index contributed by atoms with van der Waals surface area (Å²) in [6.07, 6.45) is 48.0. The van der Waals surface area contributed by atoms with E-state index in [1.807, 2.05) is 0 Å². The zero-order chi connectivity index (χ0) is 45.6. The minimum Gasteiger partial charge on any atom is -0.462 e. The Balaban J connectivity index is 4.31. The molecule has 6 heteroatoms. The predicted octanol–water partition coefficient (Wildman–Crippen LogP) is 17.9. The molecular weight excluding hydrogens is 769 g/mol. The van der Waals surface area contributed by atoms with Crippen molar-refractivity contribution in [1.82, 2.24) is 0 Å². The lowest BCUT2D eigenvalue weighted by atomic mass is 10.0. The van der Waals surface area contributed by atoms with Gasteiger partial charge in [0.1, 0.15) is 13.2 Å². The lowest BCUT2D eigenvalue weighted by molar-refractivity contribution is -0.167. The first kappa shape index (κ1) is 60.4. The van der Waals surface area contributed by atoms with Gasteiger partial charge in [-0.15, -0.1) is 0 Å².